The molecule has 1 aromatic heterocycles. The van der Waals surface area contributed by atoms with Crippen LogP contribution in [0.3, 0.4) is 0 Å². The van der Waals surface area contributed by atoms with E-state index in [-0.39, 0.29) is 6.15 Å². The second-order valence-electron chi connectivity index (χ2n) is 5.19. The zero-order valence-electron chi connectivity index (χ0n) is 15.0. The number of hydrogen-bond donors (Lipinski definition) is 2. The second-order valence-corrected chi connectivity index (χ2v) is 5.19. The fraction of sp³-hybridized carbons (Fsp3) is 0.158. The van der Waals surface area contributed by atoms with Crippen LogP contribution in [-0.2, 0) is 0 Å². The van der Waals surface area contributed by atoms with E-state index in [1.165, 1.54) is 0 Å². The predicted molar refractivity (Wildman–Crippen MR) is 102 cm³/mol. The maximum atomic E-state index is 5.31. The van der Waals surface area contributed by atoms with Crippen molar-refractivity contribution in [3.8, 4) is 28.5 Å². The maximum absolute atomic E-state index is 5.31. The summed E-state index contributed by atoms with van der Waals surface area (Å²) in [7, 11) is 4.84. The summed E-state index contributed by atoms with van der Waals surface area (Å²) in [5.74, 6) is 2.58. The van der Waals surface area contributed by atoms with Crippen LogP contribution in [0.1, 0.15) is 0 Å². The first-order chi connectivity index (χ1) is 12.2. The van der Waals surface area contributed by atoms with Gasteiger partial charge in [0.05, 0.1) is 27.0 Å². The van der Waals surface area contributed by atoms with Crippen LogP contribution in [-0.4, -0.2) is 31.3 Å². The first-order valence-electron chi connectivity index (χ1n) is 7.70. The molecule has 0 saturated heterocycles. The summed E-state index contributed by atoms with van der Waals surface area (Å²) in [5.41, 5.74) is 2.56. The lowest BCUT2D eigenvalue weighted by atomic mass is 10.1. The molecule has 0 radical (unpaired) electrons. The van der Waals surface area contributed by atoms with Crippen molar-refractivity contribution < 1.29 is 14.2 Å². The standard InChI is InChI=1S/C19H19N3O3.H3N/c1-23-15-6-4-5-13(11-15)16-9-10-20-19(22-16)21-14-7-8-17(24-2)18(12-14)25-3;/h4-12H,1-3H3,(H,20,21,22);1H3. The SMILES string of the molecule is COc1cccc(-c2ccnc(Nc3ccc(OC)c(OC)c3)n2)c1.N. The number of nitrogens with one attached hydrogen (secondary N) is 1. The van der Waals surface area contributed by atoms with Gasteiger partial charge in [-0.3, -0.25) is 0 Å². The Balaban J connectivity index is 0.00000243. The van der Waals surface area contributed by atoms with E-state index < -0.39 is 0 Å². The molecular formula is C19H22N4O3. The average Bonchev–Trinajstić information content (AvgIpc) is 2.68. The van der Waals surface area contributed by atoms with Gasteiger partial charge in [-0.05, 0) is 30.3 Å². The lowest BCUT2D eigenvalue weighted by molar-refractivity contribution is 0.355. The monoisotopic (exact) mass is 354 g/mol. The lowest BCUT2D eigenvalue weighted by Crippen LogP contribution is -1.99. The molecule has 1 heterocycles. The van der Waals surface area contributed by atoms with E-state index in [1.807, 2.05) is 48.5 Å². The lowest BCUT2D eigenvalue weighted by Gasteiger charge is -2.11. The maximum Gasteiger partial charge on any atom is 0.227 e. The van der Waals surface area contributed by atoms with Crippen molar-refractivity contribution in [1.82, 2.24) is 16.1 Å². The molecule has 0 spiro atoms. The quantitative estimate of drug-likeness (QED) is 0.688. The molecule has 0 bridgehead atoms. The van der Waals surface area contributed by atoms with E-state index in [0.29, 0.717) is 17.4 Å². The van der Waals surface area contributed by atoms with Crippen molar-refractivity contribution in [2.24, 2.45) is 0 Å². The second kappa shape index (κ2) is 8.68. The molecule has 136 valence electrons. The van der Waals surface area contributed by atoms with E-state index >= 15 is 0 Å². The smallest absolute Gasteiger partial charge is 0.227 e. The molecule has 0 aliphatic rings. The molecule has 0 amide bonds. The molecule has 7 nitrogen and oxygen atoms in total. The third kappa shape index (κ3) is 4.20. The van der Waals surface area contributed by atoms with Gasteiger partial charge in [-0.15, -0.1) is 0 Å². The molecule has 4 N–H and O–H groups in total. The zero-order valence-corrected chi connectivity index (χ0v) is 15.0. The van der Waals surface area contributed by atoms with Crippen LogP contribution in [0.2, 0.25) is 0 Å². The summed E-state index contributed by atoms with van der Waals surface area (Å²) in [6.45, 7) is 0. The highest BCUT2D eigenvalue weighted by Gasteiger charge is 2.07. The molecule has 0 aliphatic heterocycles. The molecule has 2 aromatic carbocycles. The fourth-order valence-corrected chi connectivity index (χ4v) is 2.41. The van der Waals surface area contributed by atoms with E-state index in [9.17, 15) is 0 Å². The number of nitrogens with zero attached hydrogens (tertiary/aromatic N) is 2. The molecule has 0 saturated carbocycles. The van der Waals surface area contributed by atoms with Crippen molar-refractivity contribution in [2.45, 2.75) is 0 Å². The minimum atomic E-state index is 0. The van der Waals surface area contributed by atoms with Gasteiger partial charge >= 0.3 is 0 Å². The van der Waals surface area contributed by atoms with Crippen LogP contribution in [0.4, 0.5) is 11.6 Å². The number of rotatable bonds is 6. The van der Waals surface area contributed by atoms with Crippen LogP contribution in [0, 0.1) is 0 Å². The summed E-state index contributed by atoms with van der Waals surface area (Å²) < 4.78 is 15.8. The molecule has 3 rings (SSSR count). The van der Waals surface area contributed by atoms with Gasteiger partial charge < -0.3 is 25.7 Å². The van der Waals surface area contributed by atoms with Crippen molar-refractivity contribution in [2.75, 3.05) is 26.6 Å². The molecule has 0 aliphatic carbocycles. The zero-order chi connectivity index (χ0) is 17.6. The molecule has 7 heteroatoms. The van der Waals surface area contributed by atoms with E-state index in [2.05, 4.69) is 15.3 Å². The molecular weight excluding hydrogens is 332 g/mol. The van der Waals surface area contributed by atoms with Gasteiger partial charge in [0.15, 0.2) is 11.5 Å². The molecule has 3 aromatic rings. The summed E-state index contributed by atoms with van der Waals surface area (Å²) in [6, 6.07) is 15.1. The van der Waals surface area contributed by atoms with Gasteiger partial charge in [-0.1, -0.05) is 12.1 Å². The van der Waals surface area contributed by atoms with E-state index in [4.69, 9.17) is 14.2 Å². The van der Waals surface area contributed by atoms with Crippen LogP contribution in [0.25, 0.3) is 11.3 Å². The van der Waals surface area contributed by atoms with E-state index in [0.717, 1.165) is 22.7 Å². The van der Waals surface area contributed by atoms with Crippen LogP contribution in [0.5, 0.6) is 17.2 Å². The summed E-state index contributed by atoms with van der Waals surface area (Å²) in [6.07, 6.45) is 1.71. The van der Waals surface area contributed by atoms with Crippen molar-refractivity contribution >= 4 is 11.6 Å². The Morgan fingerprint density at radius 1 is 0.846 bits per heavy atom. The van der Waals surface area contributed by atoms with Gasteiger partial charge in [-0.25, -0.2) is 9.97 Å². The third-order valence-corrected chi connectivity index (χ3v) is 3.66. The minimum Gasteiger partial charge on any atom is -0.497 e. The number of ether oxygens (including phenoxy) is 3. The number of benzene rings is 2. The first-order valence-corrected chi connectivity index (χ1v) is 7.70. The first kappa shape index (κ1) is 19.0. The molecule has 26 heavy (non-hydrogen) atoms. The van der Waals surface area contributed by atoms with Gasteiger partial charge in [0.1, 0.15) is 5.75 Å². The highest BCUT2D eigenvalue weighted by Crippen LogP contribution is 2.31. The van der Waals surface area contributed by atoms with Gasteiger partial charge in [0, 0.05) is 23.5 Å². The fourth-order valence-electron chi connectivity index (χ4n) is 2.41. The largest absolute Gasteiger partial charge is 0.497 e. The van der Waals surface area contributed by atoms with Gasteiger partial charge in [0.2, 0.25) is 5.95 Å². The van der Waals surface area contributed by atoms with E-state index in [1.54, 1.807) is 27.5 Å². The van der Waals surface area contributed by atoms with Crippen LogP contribution >= 0.6 is 0 Å². The Morgan fingerprint density at radius 3 is 2.38 bits per heavy atom. The molecule has 0 fully saturated rings. The van der Waals surface area contributed by atoms with Crippen molar-refractivity contribution in [1.29, 1.82) is 0 Å². The third-order valence-electron chi connectivity index (χ3n) is 3.66. The number of aromatic nitrogens is 2. The topological polar surface area (TPSA) is 100 Å². The Labute approximate surface area is 152 Å². The Kier molecular flexibility index (Phi) is 6.35. The van der Waals surface area contributed by atoms with Crippen LogP contribution in [0.15, 0.2) is 54.7 Å². The highest BCUT2D eigenvalue weighted by molar-refractivity contribution is 5.64. The van der Waals surface area contributed by atoms with Gasteiger partial charge in [0.25, 0.3) is 0 Å². The predicted octanol–water partition coefficient (Wildman–Crippen LogP) is 4.08. The minimum absolute atomic E-state index is 0. The van der Waals surface area contributed by atoms with Crippen molar-refractivity contribution in [3.05, 3.63) is 54.7 Å². The summed E-state index contributed by atoms with van der Waals surface area (Å²) in [5, 5.41) is 3.18. The van der Waals surface area contributed by atoms with Crippen molar-refractivity contribution in [3.63, 3.8) is 0 Å². The normalized spacial score (nSPS) is 9.81. The van der Waals surface area contributed by atoms with Crippen LogP contribution < -0.4 is 25.7 Å². The molecule has 0 atom stereocenters. The number of methoxy groups -OCH3 is 3. The average molecular weight is 354 g/mol. The number of anilines is 2. The Morgan fingerprint density at radius 2 is 1.65 bits per heavy atom. The Bertz CT molecular complexity index is 871. The van der Waals surface area contributed by atoms with Gasteiger partial charge in [-0.2, -0.15) is 0 Å². The summed E-state index contributed by atoms with van der Waals surface area (Å²) >= 11 is 0. The molecule has 0 unspecified atom stereocenters. The summed E-state index contributed by atoms with van der Waals surface area (Å²) in [4.78, 5) is 8.84. The Hall–Kier alpha value is -3.32. The highest BCUT2D eigenvalue weighted by atomic mass is 16.5. The number of hydrogen-bond acceptors (Lipinski definition) is 7.